The molecule has 1 aromatic rings. The monoisotopic (exact) mass is 272 g/mol. The standard InChI is InChI=1S/C12H20N2O5/c1-12(2,3)13-6-8(15)7-18-10-5-9(19-14-10)11(16)17-4/h5,8,13,15H,6-7H2,1-4H3. The maximum atomic E-state index is 11.1. The third kappa shape index (κ3) is 5.71. The van der Waals surface area contributed by atoms with Crippen LogP contribution in [-0.2, 0) is 4.74 Å². The molecule has 19 heavy (non-hydrogen) atoms. The SMILES string of the molecule is COC(=O)c1cc(OCC(O)CNC(C)(C)C)no1. The second-order valence-electron chi connectivity index (χ2n) is 5.12. The number of carbonyl (C=O) groups is 1. The van der Waals surface area contributed by atoms with E-state index in [0.29, 0.717) is 6.54 Å². The van der Waals surface area contributed by atoms with Crippen LogP contribution < -0.4 is 10.1 Å². The lowest BCUT2D eigenvalue weighted by atomic mass is 10.1. The quantitative estimate of drug-likeness (QED) is 0.732. The first-order chi connectivity index (χ1) is 8.81. The van der Waals surface area contributed by atoms with E-state index in [-0.39, 0.29) is 23.8 Å². The van der Waals surface area contributed by atoms with Crippen LogP contribution in [0.3, 0.4) is 0 Å². The van der Waals surface area contributed by atoms with Gasteiger partial charge in [0.05, 0.1) is 13.2 Å². The van der Waals surface area contributed by atoms with Gasteiger partial charge in [-0.05, 0) is 25.9 Å². The van der Waals surface area contributed by atoms with E-state index in [1.54, 1.807) is 0 Å². The Morgan fingerprint density at radius 1 is 1.58 bits per heavy atom. The molecule has 1 heterocycles. The van der Waals surface area contributed by atoms with Crippen LogP contribution in [0.5, 0.6) is 5.88 Å². The first kappa shape index (κ1) is 15.5. The van der Waals surface area contributed by atoms with Crippen LogP contribution in [0.1, 0.15) is 31.3 Å². The fourth-order valence-corrected chi connectivity index (χ4v) is 1.19. The van der Waals surface area contributed by atoms with E-state index in [2.05, 4.69) is 15.2 Å². The van der Waals surface area contributed by atoms with Gasteiger partial charge >= 0.3 is 5.97 Å². The summed E-state index contributed by atoms with van der Waals surface area (Å²) in [5, 5.41) is 16.4. The van der Waals surface area contributed by atoms with Gasteiger partial charge in [0.2, 0.25) is 5.76 Å². The minimum absolute atomic E-state index is 0.0418. The Morgan fingerprint density at radius 3 is 2.84 bits per heavy atom. The van der Waals surface area contributed by atoms with Crippen molar-refractivity contribution in [2.75, 3.05) is 20.3 Å². The molecule has 0 aliphatic rings. The second kappa shape index (κ2) is 6.53. The Bertz CT molecular complexity index is 410. The summed E-state index contributed by atoms with van der Waals surface area (Å²) >= 11 is 0. The number of aromatic nitrogens is 1. The predicted molar refractivity (Wildman–Crippen MR) is 67.1 cm³/mol. The number of aliphatic hydroxyl groups is 1. The summed E-state index contributed by atoms with van der Waals surface area (Å²) in [6.07, 6.45) is -0.683. The molecular weight excluding hydrogens is 252 g/mol. The summed E-state index contributed by atoms with van der Waals surface area (Å²) < 4.78 is 14.4. The largest absolute Gasteiger partial charge is 0.473 e. The van der Waals surface area contributed by atoms with Crippen molar-refractivity contribution in [2.24, 2.45) is 0 Å². The molecular formula is C12H20N2O5. The Kier molecular flexibility index (Phi) is 5.31. The van der Waals surface area contributed by atoms with Crippen molar-refractivity contribution in [1.29, 1.82) is 0 Å². The first-order valence-electron chi connectivity index (χ1n) is 5.93. The molecule has 0 bridgehead atoms. The van der Waals surface area contributed by atoms with E-state index in [1.807, 2.05) is 20.8 Å². The number of hydrogen-bond acceptors (Lipinski definition) is 7. The molecule has 0 radical (unpaired) electrons. The van der Waals surface area contributed by atoms with Crippen molar-refractivity contribution in [3.63, 3.8) is 0 Å². The van der Waals surface area contributed by atoms with Crippen molar-refractivity contribution in [1.82, 2.24) is 10.5 Å². The van der Waals surface area contributed by atoms with E-state index in [9.17, 15) is 9.90 Å². The molecule has 0 saturated heterocycles. The topological polar surface area (TPSA) is 93.8 Å². The van der Waals surface area contributed by atoms with Gasteiger partial charge in [-0.3, -0.25) is 0 Å². The molecule has 0 aromatic carbocycles. The van der Waals surface area contributed by atoms with Gasteiger partial charge in [-0.2, -0.15) is 0 Å². The number of β-amino-alcohol motifs (C(OH)–C–C–N with tert-alkyl or cyclic N) is 1. The zero-order chi connectivity index (χ0) is 14.5. The van der Waals surface area contributed by atoms with Crippen LogP contribution in [-0.4, -0.2) is 48.1 Å². The minimum Gasteiger partial charge on any atom is -0.473 e. The highest BCUT2D eigenvalue weighted by Crippen LogP contribution is 2.12. The van der Waals surface area contributed by atoms with Crippen LogP contribution in [0.4, 0.5) is 0 Å². The van der Waals surface area contributed by atoms with Gasteiger partial charge in [0.25, 0.3) is 5.88 Å². The van der Waals surface area contributed by atoms with Gasteiger partial charge in [0, 0.05) is 12.1 Å². The number of ether oxygens (including phenoxy) is 2. The molecule has 1 atom stereocenters. The smallest absolute Gasteiger partial charge is 0.377 e. The highest BCUT2D eigenvalue weighted by molar-refractivity contribution is 5.86. The van der Waals surface area contributed by atoms with Gasteiger partial charge in [0.15, 0.2) is 0 Å². The lowest BCUT2D eigenvalue weighted by molar-refractivity contribution is 0.0553. The number of hydrogen-bond donors (Lipinski definition) is 2. The lowest BCUT2D eigenvalue weighted by Crippen LogP contribution is -2.42. The summed E-state index contributed by atoms with van der Waals surface area (Å²) in [6.45, 7) is 6.45. The number of methoxy groups -OCH3 is 1. The number of carbonyl (C=O) groups excluding carboxylic acids is 1. The van der Waals surface area contributed by atoms with E-state index in [1.165, 1.54) is 13.2 Å². The first-order valence-corrected chi connectivity index (χ1v) is 5.93. The van der Waals surface area contributed by atoms with E-state index in [0.717, 1.165) is 0 Å². The van der Waals surface area contributed by atoms with Crippen molar-refractivity contribution in [3.05, 3.63) is 11.8 Å². The van der Waals surface area contributed by atoms with Crippen molar-refractivity contribution >= 4 is 5.97 Å². The summed E-state index contributed by atoms with van der Waals surface area (Å²) in [6, 6.07) is 1.32. The molecule has 0 saturated carbocycles. The van der Waals surface area contributed by atoms with Crippen LogP contribution in [0.2, 0.25) is 0 Å². The van der Waals surface area contributed by atoms with Gasteiger partial charge in [-0.1, -0.05) is 0 Å². The normalized spacial score (nSPS) is 13.1. The number of nitrogens with zero attached hydrogens (tertiary/aromatic N) is 1. The fraction of sp³-hybridized carbons (Fsp3) is 0.667. The fourth-order valence-electron chi connectivity index (χ4n) is 1.19. The number of rotatable bonds is 6. The molecule has 0 spiro atoms. The zero-order valence-electron chi connectivity index (χ0n) is 11.6. The molecule has 0 aliphatic heterocycles. The number of aliphatic hydroxyl groups excluding tert-OH is 1. The molecule has 0 fully saturated rings. The molecule has 7 nitrogen and oxygen atoms in total. The van der Waals surface area contributed by atoms with Gasteiger partial charge in [-0.25, -0.2) is 4.79 Å². The van der Waals surface area contributed by atoms with E-state index in [4.69, 9.17) is 9.26 Å². The molecule has 108 valence electrons. The average molecular weight is 272 g/mol. The Morgan fingerprint density at radius 2 is 2.26 bits per heavy atom. The van der Waals surface area contributed by atoms with Gasteiger partial charge < -0.3 is 24.4 Å². The lowest BCUT2D eigenvalue weighted by Gasteiger charge is -2.22. The van der Waals surface area contributed by atoms with Gasteiger partial charge in [0.1, 0.15) is 12.7 Å². The van der Waals surface area contributed by atoms with Crippen LogP contribution in [0, 0.1) is 0 Å². The van der Waals surface area contributed by atoms with E-state index < -0.39 is 12.1 Å². The highest BCUT2D eigenvalue weighted by atomic mass is 16.6. The molecule has 1 unspecified atom stereocenters. The molecule has 2 N–H and O–H groups in total. The minimum atomic E-state index is -0.683. The number of nitrogens with one attached hydrogen (secondary N) is 1. The Balaban J connectivity index is 2.36. The van der Waals surface area contributed by atoms with E-state index >= 15 is 0 Å². The summed E-state index contributed by atoms with van der Waals surface area (Å²) in [4.78, 5) is 11.1. The van der Waals surface area contributed by atoms with Crippen LogP contribution in [0.25, 0.3) is 0 Å². The van der Waals surface area contributed by atoms with Crippen molar-refractivity contribution in [3.8, 4) is 5.88 Å². The maximum Gasteiger partial charge on any atom is 0.377 e. The number of esters is 1. The summed E-state index contributed by atoms with van der Waals surface area (Å²) in [7, 11) is 1.24. The Hall–Kier alpha value is -1.60. The third-order valence-corrected chi connectivity index (χ3v) is 2.17. The Labute approximate surface area is 111 Å². The van der Waals surface area contributed by atoms with Crippen molar-refractivity contribution in [2.45, 2.75) is 32.4 Å². The highest BCUT2D eigenvalue weighted by Gasteiger charge is 2.16. The van der Waals surface area contributed by atoms with Gasteiger partial charge in [-0.15, -0.1) is 0 Å². The molecule has 0 amide bonds. The average Bonchev–Trinajstić information content (AvgIpc) is 2.80. The maximum absolute atomic E-state index is 11.1. The second-order valence-corrected chi connectivity index (χ2v) is 5.12. The molecule has 7 heteroatoms. The summed E-state index contributed by atoms with van der Waals surface area (Å²) in [5.74, 6) is -0.535. The summed E-state index contributed by atoms with van der Waals surface area (Å²) in [5.41, 5.74) is -0.0765. The van der Waals surface area contributed by atoms with Crippen LogP contribution in [0.15, 0.2) is 10.6 Å². The molecule has 1 aromatic heterocycles. The molecule has 0 aliphatic carbocycles. The zero-order valence-corrected chi connectivity index (χ0v) is 11.6. The molecule has 1 rings (SSSR count). The van der Waals surface area contributed by atoms with Crippen molar-refractivity contribution < 1.29 is 23.9 Å². The predicted octanol–water partition coefficient (Wildman–Crippen LogP) is 0.589. The third-order valence-electron chi connectivity index (χ3n) is 2.17. The van der Waals surface area contributed by atoms with Crippen LogP contribution >= 0.6 is 0 Å².